The fourth-order valence-corrected chi connectivity index (χ4v) is 3.48. The van der Waals surface area contributed by atoms with Crippen LogP contribution in [0.4, 0.5) is 13.2 Å². The van der Waals surface area contributed by atoms with Crippen molar-refractivity contribution in [1.82, 2.24) is 4.90 Å². The first kappa shape index (κ1) is 18.8. The highest BCUT2D eigenvalue weighted by molar-refractivity contribution is 9.09. The van der Waals surface area contributed by atoms with Gasteiger partial charge in [0.2, 0.25) is 5.91 Å². The Kier molecular flexibility index (Phi) is 6.56. The summed E-state index contributed by atoms with van der Waals surface area (Å²) in [7, 11) is 0. The lowest BCUT2D eigenvalue weighted by molar-refractivity contribution is -0.164. The summed E-state index contributed by atoms with van der Waals surface area (Å²) >= 11 is 3.12. The van der Waals surface area contributed by atoms with Crippen LogP contribution in [0.3, 0.4) is 0 Å². The van der Waals surface area contributed by atoms with Gasteiger partial charge in [0.25, 0.3) is 0 Å². The highest BCUT2D eigenvalue weighted by Crippen LogP contribution is 2.40. The smallest absolute Gasteiger partial charge is 0.333 e. The lowest BCUT2D eigenvalue weighted by Gasteiger charge is -2.38. The topological polar surface area (TPSA) is 20.3 Å². The van der Waals surface area contributed by atoms with E-state index in [-0.39, 0.29) is 23.8 Å². The van der Waals surface area contributed by atoms with E-state index < -0.39 is 12.7 Å². The predicted molar refractivity (Wildman–Crippen MR) is 81.3 cm³/mol. The third kappa shape index (κ3) is 6.17. The Hall–Kier alpha value is -0.260. The van der Waals surface area contributed by atoms with Gasteiger partial charge in [-0.1, -0.05) is 36.7 Å². The van der Waals surface area contributed by atoms with Crippen LogP contribution >= 0.6 is 15.9 Å². The van der Waals surface area contributed by atoms with E-state index in [9.17, 15) is 18.0 Å². The summed E-state index contributed by atoms with van der Waals surface area (Å²) in [6.45, 7) is 5.51. The summed E-state index contributed by atoms with van der Waals surface area (Å²) in [5.41, 5.74) is 0.204. The minimum atomic E-state index is -4.33. The molecule has 0 unspecified atom stereocenters. The molecule has 6 heteroatoms. The minimum absolute atomic E-state index is 0.109. The largest absolute Gasteiger partial charge is 0.406 e. The maximum Gasteiger partial charge on any atom is 0.406 e. The lowest BCUT2D eigenvalue weighted by Crippen LogP contribution is -2.44. The average molecular weight is 372 g/mol. The van der Waals surface area contributed by atoms with Gasteiger partial charge in [0, 0.05) is 17.8 Å². The van der Waals surface area contributed by atoms with Gasteiger partial charge in [-0.15, -0.1) is 0 Å². The molecule has 0 aromatic carbocycles. The molecule has 0 N–H and O–H groups in total. The Balaban J connectivity index is 2.61. The van der Waals surface area contributed by atoms with E-state index in [4.69, 9.17) is 0 Å². The summed E-state index contributed by atoms with van der Waals surface area (Å²) in [6.07, 6.45) is -1.07. The molecule has 1 fully saturated rings. The summed E-state index contributed by atoms with van der Waals surface area (Å²) in [5, 5.41) is 0.367. The summed E-state index contributed by atoms with van der Waals surface area (Å²) < 4.78 is 37.7. The predicted octanol–water partition coefficient (Wildman–Crippen LogP) is 4.62. The van der Waals surface area contributed by atoms with Crippen molar-refractivity contribution in [2.45, 2.75) is 52.6 Å². The first-order chi connectivity index (χ1) is 9.54. The quantitative estimate of drug-likeness (QED) is 0.660. The van der Waals surface area contributed by atoms with Gasteiger partial charge < -0.3 is 4.90 Å². The summed E-state index contributed by atoms with van der Waals surface area (Å²) in [6, 6.07) is 0. The Morgan fingerprint density at radius 2 is 1.67 bits per heavy atom. The standard InChI is InChI=1S/C15H25BrF3NO/c1-14(2,3)12-6-4-11(5-7-12)13(21)20(9-8-16)10-15(17,18)19/h11-12H,4-10H2,1-3H3. The molecule has 1 rings (SSSR count). The van der Waals surface area contributed by atoms with Crippen LogP contribution < -0.4 is 0 Å². The van der Waals surface area contributed by atoms with Crippen molar-refractivity contribution in [3.63, 3.8) is 0 Å². The molecule has 2 nitrogen and oxygen atoms in total. The van der Waals surface area contributed by atoms with Crippen LogP contribution in [0.15, 0.2) is 0 Å². The monoisotopic (exact) mass is 371 g/mol. The summed E-state index contributed by atoms with van der Waals surface area (Å²) in [4.78, 5) is 13.3. The number of carbonyl (C=O) groups excluding carboxylic acids is 1. The number of amides is 1. The molecule has 0 bridgehead atoms. The van der Waals surface area contributed by atoms with E-state index in [1.54, 1.807) is 0 Å². The molecule has 0 spiro atoms. The molecule has 124 valence electrons. The van der Waals surface area contributed by atoms with E-state index in [0.29, 0.717) is 24.1 Å². The second-order valence-electron chi connectivity index (χ2n) is 6.98. The van der Waals surface area contributed by atoms with Crippen molar-refractivity contribution in [3.05, 3.63) is 0 Å². The third-order valence-corrected chi connectivity index (χ3v) is 4.69. The highest BCUT2D eigenvalue weighted by Gasteiger charge is 2.37. The molecule has 1 saturated carbocycles. The molecular weight excluding hydrogens is 347 g/mol. The normalized spacial score (nSPS) is 24.0. The third-order valence-electron chi connectivity index (χ3n) is 4.34. The zero-order valence-electron chi connectivity index (χ0n) is 13.0. The van der Waals surface area contributed by atoms with E-state index in [1.165, 1.54) is 0 Å². The van der Waals surface area contributed by atoms with Gasteiger partial charge in [0.15, 0.2) is 0 Å². The first-order valence-electron chi connectivity index (χ1n) is 7.46. The minimum Gasteiger partial charge on any atom is -0.333 e. The number of rotatable bonds is 4. The molecule has 1 aliphatic carbocycles. The summed E-state index contributed by atoms with van der Waals surface area (Å²) in [5.74, 6) is -0.0297. The second kappa shape index (κ2) is 7.34. The van der Waals surface area contributed by atoms with Crippen molar-refractivity contribution in [2.75, 3.05) is 18.4 Å². The Labute approximate surface area is 133 Å². The van der Waals surface area contributed by atoms with Gasteiger partial charge in [-0.25, -0.2) is 0 Å². The SMILES string of the molecule is CC(C)(C)C1CCC(C(=O)N(CCBr)CC(F)(F)F)CC1. The first-order valence-corrected chi connectivity index (χ1v) is 8.58. The van der Waals surface area contributed by atoms with Crippen LogP contribution in [0.5, 0.6) is 0 Å². The fraction of sp³-hybridized carbons (Fsp3) is 0.933. The van der Waals surface area contributed by atoms with Crippen molar-refractivity contribution < 1.29 is 18.0 Å². The molecular formula is C15H25BrF3NO. The van der Waals surface area contributed by atoms with Crippen LogP contribution in [-0.2, 0) is 4.79 Å². The van der Waals surface area contributed by atoms with Gasteiger partial charge in [0.05, 0.1) is 0 Å². The molecule has 0 aromatic heterocycles. The molecule has 0 aliphatic heterocycles. The van der Waals surface area contributed by atoms with Gasteiger partial charge in [0.1, 0.15) is 6.54 Å². The van der Waals surface area contributed by atoms with Crippen LogP contribution in [0, 0.1) is 17.3 Å². The fourth-order valence-electron chi connectivity index (χ4n) is 3.05. The van der Waals surface area contributed by atoms with E-state index >= 15 is 0 Å². The zero-order valence-corrected chi connectivity index (χ0v) is 14.6. The van der Waals surface area contributed by atoms with E-state index in [1.807, 2.05) is 0 Å². The second-order valence-corrected chi connectivity index (χ2v) is 7.77. The Morgan fingerprint density at radius 1 is 1.14 bits per heavy atom. The molecule has 21 heavy (non-hydrogen) atoms. The highest BCUT2D eigenvalue weighted by atomic mass is 79.9. The van der Waals surface area contributed by atoms with E-state index in [0.717, 1.165) is 17.7 Å². The van der Waals surface area contributed by atoms with Gasteiger partial charge in [-0.05, 0) is 37.0 Å². The number of halogens is 4. The van der Waals surface area contributed by atoms with Crippen LogP contribution in [0.25, 0.3) is 0 Å². The zero-order chi connectivity index (χ0) is 16.3. The van der Waals surface area contributed by atoms with Gasteiger partial charge >= 0.3 is 6.18 Å². The molecule has 0 heterocycles. The molecule has 0 aromatic rings. The van der Waals surface area contributed by atoms with Crippen LogP contribution in [0.1, 0.15) is 46.5 Å². The van der Waals surface area contributed by atoms with Gasteiger partial charge in [-0.3, -0.25) is 4.79 Å². The molecule has 1 aliphatic rings. The van der Waals surface area contributed by atoms with E-state index in [2.05, 4.69) is 36.7 Å². The number of hydrogen-bond donors (Lipinski definition) is 0. The lowest BCUT2D eigenvalue weighted by atomic mass is 9.69. The van der Waals surface area contributed by atoms with Crippen molar-refractivity contribution in [1.29, 1.82) is 0 Å². The number of alkyl halides is 4. The van der Waals surface area contributed by atoms with Crippen molar-refractivity contribution in [2.24, 2.45) is 17.3 Å². The number of hydrogen-bond acceptors (Lipinski definition) is 1. The van der Waals surface area contributed by atoms with Gasteiger partial charge in [-0.2, -0.15) is 13.2 Å². The molecule has 1 amide bonds. The molecule has 0 saturated heterocycles. The average Bonchev–Trinajstić information content (AvgIpc) is 2.35. The Bertz CT molecular complexity index is 344. The number of carbonyl (C=O) groups is 1. The molecule has 0 atom stereocenters. The van der Waals surface area contributed by atoms with Crippen LogP contribution in [0.2, 0.25) is 0 Å². The van der Waals surface area contributed by atoms with Crippen molar-refractivity contribution in [3.8, 4) is 0 Å². The Morgan fingerprint density at radius 3 is 2.05 bits per heavy atom. The number of nitrogens with zero attached hydrogens (tertiary/aromatic N) is 1. The van der Waals surface area contributed by atoms with Crippen molar-refractivity contribution >= 4 is 21.8 Å². The van der Waals surface area contributed by atoms with Crippen LogP contribution in [-0.4, -0.2) is 35.4 Å². The maximum absolute atomic E-state index is 12.6. The maximum atomic E-state index is 12.6. The molecule has 0 radical (unpaired) electrons.